The number of aryl methyl sites for hydroxylation is 1. The Morgan fingerprint density at radius 3 is 2.20 bits per heavy atom. The largest absolute Gasteiger partial charge is 0.497 e. The maximum absolute atomic E-state index is 13.6. The number of rotatable bonds is 10. The first-order chi connectivity index (χ1) is 16.2. The van der Waals surface area contributed by atoms with Crippen molar-refractivity contribution < 1.29 is 22.7 Å². The van der Waals surface area contributed by atoms with E-state index in [1.54, 1.807) is 44.4 Å². The molecular formula is C26H37N3O5S. The Kier molecular flexibility index (Phi) is 9.31. The zero-order valence-electron chi connectivity index (χ0n) is 21.7. The lowest BCUT2D eigenvalue weighted by Gasteiger charge is -2.33. The Balaban J connectivity index is 2.41. The summed E-state index contributed by atoms with van der Waals surface area (Å²) in [5.74, 6) is -0.197. The number of carbonyl (C=O) groups is 2. The van der Waals surface area contributed by atoms with Crippen LogP contribution in [-0.2, 0) is 32.6 Å². The molecule has 1 atom stereocenters. The van der Waals surface area contributed by atoms with Gasteiger partial charge in [0.25, 0.3) is 0 Å². The van der Waals surface area contributed by atoms with E-state index < -0.39 is 34.1 Å². The number of ether oxygens (including phenoxy) is 1. The molecule has 0 aliphatic heterocycles. The molecular weight excluding hydrogens is 466 g/mol. The SMILES string of the molecule is CCc1ccc(N(CC(=O)N(Cc2cccc(OC)c2)[C@@H](C)C(=O)NC(C)(C)C)S(C)(=O)=O)cc1. The molecule has 9 heteroatoms. The van der Waals surface area contributed by atoms with Gasteiger partial charge in [-0.2, -0.15) is 0 Å². The van der Waals surface area contributed by atoms with Crippen molar-refractivity contribution in [2.24, 2.45) is 0 Å². The third-order valence-electron chi connectivity index (χ3n) is 5.46. The molecule has 0 aliphatic rings. The van der Waals surface area contributed by atoms with Crippen molar-refractivity contribution in [2.45, 2.75) is 59.2 Å². The number of sulfonamides is 1. The molecule has 1 N–H and O–H groups in total. The topological polar surface area (TPSA) is 96.0 Å². The summed E-state index contributed by atoms with van der Waals surface area (Å²) in [4.78, 5) is 28.0. The van der Waals surface area contributed by atoms with Gasteiger partial charge in [0.15, 0.2) is 0 Å². The average molecular weight is 504 g/mol. The van der Waals surface area contributed by atoms with Crippen LogP contribution in [0.4, 0.5) is 5.69 Å². The Bertz CT molecular complexity index is 1120. The maximum Gasteiger partial charge on any atom is 0.244 e. The molecule has 0 aromatic heterocycles. The molecule has 0 bridgehead atoms. The van der Waals surface area contributed by atoms with Crippen LogP contribution in [0.5, 0.6) is 5.75 Å². The van der Waals surface area contributed by atoms with Gasteiger partial charge in [-0.05, 0) is 69.5 Å². The minimum Gasteiger partial charge on any atom is -0.497 e. The summed E-state index contributed by atoms with van der Waals surface area (Å²) in [6, 6.07) is 13.4. The van der Waals surface area contributed by atoms with Gasteiger partial charge in [0.1, 0.15) is 18.3 Å². The highest BCUT2D eigenvalue weighted by molar-refractivity contribution is 7.92. The summed E-state index contributed by atoms with van der Waals surface area (Å²) in [5, 5.41) is 2.90. The molecule has 2 aromatic carbocycles. The molecule has 0 aliphatic carbocycles. The molecule has 8 nitrogen and oxygen atoms in total. The fourth-order valence-electron chi connectivity index (χ4n) is 3.54. The van der Waals surface area contributed by atoms with Crippen LogP contribution in [-0.4, -0.2) is 56.6 Å². The van der Waals surface area contributed by atoms with E-state index in [1.165, 1.54) is 4.90 Å². The van der Waals surface area contributed by atoms with E-state index in [2.05, 4.69) is 5.32 Å². The Labute approximate surface area is 209 Å². The number of methoxy groups -OCH3 is 1. The lowest BCUT2D eigenvalue weighted by Crippen LogP contribution is -2.54. The van der Waals surface area contributed by atoms with Crippen LogP contribution >= 0.6 is 0 Å². The summed E-state index contributed by atoms with van der Waals surface area (Å²) in [6.07, 6.45) is 1.88. The quantitative estimate of drug-likeness (QED) is 0.536. The van der Waals surface area contributed by atoms with Gasteiger partial charge in [0, 0.05) is 12.1 Å². The second kappa shape index (κ2) is 11.6. The number of nitrogens with one attached hydrogen (secondary N) is 1. The molecule has 2 aromatic rings. The number of anilines is 1. The molecule has 2 rings (SSSR count). The fraction of sp³-hybridized carbons (Fsp3) is 0.462. The van der Waals surface area contributed by atoms with Gasteiger partial charge >= 0.3 is 0 Å². The normalized spacial score (nSPS) is 12.5. The molecule has 35 heavy (non-hydrogen) atoms. The van der Waals surface area contributed by atoms with E-state index in [4.69, 9.17) is 4.74 Å². The number of hydrogen-bond acceptors (Lipinski definition) is 5. The van der Waals surface area contributed by atoms with Crippen LogP contribution in [0.3, 0.4) is 0 Å². The third-order valence-corrected chi connectivity index (χ3v) is 6.60. The molecule has 0 heterocycles. The highest BCUT2D eigenvalue weighted by Gasteiger charge is 2.31. The minimum atomic E-state index is -3.76. The summed E-state index contributed by atoms with van der Waals surface area (Å²) >= 11 is 0. The zero-order chi connectivity index (χ0) is 26.4. The van der Waals surface area contributed by atoms with Crippen molar-refractivity contribution in [2.75, 3.05) is 24.2 Å². The maximum atomic E-state index is 13.6. The standard InChI is InChI=1S/C26H37N3O5S/c1-8-20-12-14-22(15-13-20)29(35(7,32)33)18-24(30)28(19(2)25(31)27-26(3,4)5)17-21-10-9-11-23(16-21)34-6/h9-16,19H,8,17-18H2,1-7H3,(H,27,31)/t19-/m0/s1. The van der Waals surface area contributed by atoms with Gasteiger partial charge in [0.05, 0.1) is 19.1 Å². The molecule has 0 spiro atoms. The van der Waals surface area contributed by atoms with Gasteiger partial charge in [-0.15, -0.1) is 0 Å². The van der Waals surface area contributed by atoms with Crippen molar-refractivity contribution in [1.82, 2.24) is 10.2 Å². The molecule has 0 radical (unpaired) electrons. The van der Waals surface area contributed by atoms with E-state index in [0.717, 1.165) is 28.1 Å². The average Bonchev–Trinajstić information content (AvgIpc) is 2.78. The fourth-order valence-corrected chi connectivity index (χ4v) is 4.39. The Morgan fingerprint density at radius 2 is 1.69 bits per heavy atom. The summed E-state index contributed by atoms with van der Waals surface area (Å²) in [7, 11) is -2.21. The number of hydrogen-bond donors (Lipinski definition) is 1. The summed E-state index contributed by atoms with van der Waals surface area (Å²) in [6.45, 7) is 8.90. The van der Waals surface area contributed by atoms with Crippen LogP contribution in [0.15, 0.2) is 48.5 Å². The smallest absolute Gasteiger partial charge is 0.244 e. The summed E-state index contributed by atoms with van der Waals surface area (Å²) < 4.78 is 31.6. The molecule has 0 fully saturated rings. The second-order valence-electron chi connectivity index (χ2n) is 9.58. The van der Waals surface area contributed by atoms with Crippen LogP contribution < -0.4 is 14.4 Å². The molecule has 0 unspecified atom stereocenters. The van der Waals surface area contributed by atoms with Crippen LogP contribution in [0, 0.1) is 0 Å². The predicted octanol–water partition coefficient (Wildman–Crippen LogP) is 3.36. The van der Waals surface area contributed by atoms with E-state index >= 15 is 0 Å². The molecule has 2 amide bonds. The summed E-state index contributed by atoms with van der Waals surface area (Å²) in [5.41, 5.74) is 1.72. The predicted molar refractivity (Wildman–Crippen MR) is 139 cm³/mol. The lowest BCUT2D eigenvalue weighted by molar-refractivity contribution is -0.140. The van der Waals surface area contributed by atoms with E-state index in [0.29, 0.717) is 11.4 Å². The van der Waals surface area contributed by atoms with Crippen molar-refractivity contribution in [3.63, 3.8) is 0 Å². The second-order valence-corrected chi connectivity index (χ2v) is 11.5. The van der Waals surface area contributed by atoms with E-state index in [9.17, 15) is 18.0 Å². The number of amides is 2. The Morgan fingerprint density at radius 1 is 1.06 bits per heavy atom. The van der Waals surface area contributed by atoms with Crippen LogP contribution in [0.1, 0.15) is 45.7 Å². The van der Waals surface area contributed by atoms with Gasteiger partial charge in [-0.3, -0.25) is 13.9 Å². The number of carbonyl (C=O) groups excluding carboxylic acids is 2. The highest BCUT2D eigenvalue weighted by Crippen LogP contribution is 2.21. The van der Waals surface area contributed by atoms with Crippen LogP contribution in [0.2, 0.25) is 0 Å². The van der Waals surface area contributed by atoms with Crippen LogP contribution in [0.25, 0.3) is 0 Å². The first-order valence-electron chi connectivity index (χ1n) is 11.6. The minimum absolute atomic E-state index is 0.112. The van der Waals surface area contributed by atoms with Crippen molar-refractivity contribution in [3.8, 4) is 5.75 Å². The lowest BCUT2D eigenvalue weighted by atomic mass is 10.1. The van der Waals surface area contributed by atoms with Gasteiger partial charge in [0.2, 0.25) is 21.8 Å². The highest BCUT2D eigenvalue weighted by atomic mass is 32.2. The van der Waals surface area contributed by atoms with Gasteiger partial charge < -0.3 is 15.0 Å². The molecule has 0 saturated heterocycles. The van der Waals surface area contributed by atoms with E-state index in [1.807, 2.05) is 45.9 Å². The zero-order valence-corrected chi connectivity index (χ0v) is 22.5. The first-order valence-corrected chi connectivity index (χ1v) is 13.4. The van der Waals surface area contributed by atoms with Gasteiger partial charge in [-0.25, -0.2) is 8.42 Å². The van der Waals surface area contributed by atoms with Crippen molar-refractivity contribution in [1.29, 1.82) is 0 Å². The first kappa shape index (κ1) is 28.2. The van der Waals surface area contributed by atoms with Gasteiger partial charge in [-0.1, -0.05) is 31.2 Å². The molecule has 0 saturated carbocycles. The monoisotopic (exact) mass is 503 g/mol. The number of benzene rings is 2. The number of nitrogens with zero attached hydrogens (tertiary/aromatic N) is 2. The van der Waals surface area contributed by atoms with E-state index in [-0.39, 0.29) is 12.5 Å². The van der Waals surface area contributed by atoms with Crippen molar-refractivity contribution >= 4 is 27.5 Å². The molecule has 192 valence electrons. The van der Waals surface area contributed by atoms with Crippen molar-refractivity contribution in [3.05, 3.63) is 59.7 Å². The third kappa shape index (κ3) is 8.28. The Hall–Kier alpha value is -3.07.